The lowest BCUT2D eigenvalue weighted by Crippen LogP contribution is -2.36. The number of aromatic nitrogens is 1. The summed E-state index contributed by atoms with van der Waals surface area (Å²) in [6.45, 7) is 3.42. The summed E-state index contributed by atoms with van der Waals surface area (Å²) in [4.78, 5) is 6.89. The minimum absolute atomic E-state index is 0.782. The van der Waals surface area contributed by atoms with Gasteiger partial charge in [-0.15, -0.1) is 0 Å². The molecule has 0 amide bonds. The van der Waals surface area contributed by atoms with E-state index in [2.05, 4.69) is 33.4 Å². The van der Waals surface area contributed by atoms with Crippen molar-refractivity contribution < 1.29 is 9.47 Å². The summed E-state index contributed by atoms with van der Waals surface area (Å²) in [5, 5.41) is 4.57. The number of hydrogen-bond donors (Lipinski definition) is 1. The molecule has 1 aromatic heterocycles. The molecule has 0 atom stereocenters. The van der Waals surface area contributed by atoms with Crippen molar-refractivity contribution in [1.82, 2.24) is 4.98 Å². The SMILES string of the molecule is COc1ccc(Nc2ccnc3cc(N4CCOCC4)ccc23)cc1. The van der Waals surface area contributed by atoms with Crippen LogP contribution in [0.5, 0.6) is 5.75 Å². The van der Waals surface area contributed by atoms with E-state index in [4.69, 9.17) is 9.47 Å². The minimum atomic E-state index is 0.782. The first kappa shape index (κ1) is 15.7. The molecular formula is C20H21N3O2. The molecule has 2 heterocycles. The van der Waals surface area contributed by atoms with Gasteiger partial charge >= 0.3 is 0 Å². The van der Waals surface area contributed by atoms with Crippen molar-refractivity contribution in [3.63, 3.8) is 0 Å². The van der Waals surface area contributed by atoms with Crippen molar-refractivity contribution in [1.29, 1.82) is 0 Å². The van der Waals surface area contributed by atoms with E-state index in [0.717, 1.165) is 54.3 Å². The number of nitrogens with zero attached hydrogens (tertiary/aromatic N) is 2. The molecule has 0 bridgehead atoms. The molecule has 1 aliphatic rings. The Labute approximate surface area is 147 Å². The number of benzene rings is 2. The van der Waals surface area contributed by atoms with Crippen LogP contribution in [0.4, 0.5) is 17.1 Å². The third kappa shape index (κ3) is 3.37. The van der Waals surface area contributed by atoms with E-state index in [1.54, 1.807) is 7.11 Å². The summed E-state index contributed by atoms with van der Waals surface area (Å²) in [7, 11) is 1.67. The quantitative estimate of drug-likeness (QED) is 0.785. The van der Waals surface area contributed by atoms with Crippen molar-refractivity contribution in [3.8, 4) is 5.75 Å². The molecule has 5 heteroatoms. The first-order valence-electron chi connectivity index (χ1n) is 8.46. The fraction of sp³-hybridized carbons (Fsp3) is 0.250. The molecule has 4 rings (SSSR count). The van der Waals surface area contributed by atoms with Crippen LogP contribution in [-0.2, 0) is 4.74 Å². The molecule has 0 aliphatic carbocycles. The van der Waals surface area contributed by atoms with E-state index >= 15 is 0 Å². The van der Waals surface area contributed by atoms with Gasteiger partial charge in [-0.25, -0.2) is 0 Å². The molecule has 3 aromatic rings. The predicted octanol–water partition coefficient (Wildman–Crippen LogP) is 3.82. The van der Waals surface area contributed by atoms with Crippen LogP contribution in [0.15, 0.2) is 54.7 Å². The van der Waals surface area contributed by atoms with Crippen LogP contribution >= 0.6 is 0 Å². The summed E-state index contributed by atoms with van der Waals surface area (Å²) >= 11 is 0. The smallest absolute Gasteiger partial charge is 0.119 e. The first-order valence-corrected chi connectivity index (χ1v) is 8.46. The molecule has 0 spiro atoms. The van der Waals surface area contributed by atoms with E-state index in [1.807, 2.05) is 36.5 Å². The average molecular weight is 335 g/mol. The van der Waals surface area contributed by atoms with Crippen molar-refractivity contribution in [2.75, 3.05) is 43.6 Å². The maximum atomic E-state index is 5.43. The van der Waals surface area contributed by atoms with Crippen LogP contribution in [0.1, 0.15) is 0 Å². The zero-order valence-electron chi connectivity index (χ0n) is 14.2. The van der Waals surface area contributed by atoms with Gasteiger partial charge in [-0.05, 0) is 48.5 Å². The van der Waals surface area contributed by atoms with Crippen LogP contribution in [0.3, 0.4) is 0 Å². The lowest BCUT2D eigenvalue weighted by atomic mass is 10.1. The van der Waals surface area contributed by atoms with Gasteiger partial charge in [0.05, 0.1) is 25.8 Å². The van der Waals surface area contributed by atoms with E-state index in [9.17, 15) is 0 Å². The topological polar surface area (TPSA) is 46.6 Å². The average Bonchev–Trinajstić information content (AvgIpc) is 2.69. The van der Waals surface area contributed by atoms with Crippen LogP contribution < -0.4 is 15.0 Å². The van der Waals surface area contributed by atoms with Crippen LogP contribution in [0.25, 0.3) is 10.9 Å². The standard InChI is InChI=1S/C20H21N3O2/c1-24-17-5-2-15(3-6-17)22-19-8-9-21-20-14-16(4-7-18(19)20)23-10-12-25-13-11-23/h2-9,14H,10-13H2,1H3,(H,21,22). The van der Waals surface area contributed by atoms with E-state index in [-0.39, 0.29) is 0 Å². The van der Waals surface area contributed by atoms with E-state index in [0.29, 0.717) is 0 Å². The maximum absolute atomic E-state index is 5.43. The largest absolute Gasteiger partial charge is 0.497 e. The number of fused-ring (bicyclic) bond motifs is 1. The molecule has 1 aliphatic heterocycles. The number of hydrogen-bond acceptors (Lipinski definition) is 5. The van der Waals surface area contributed by atoms with Gasteiger partial charge in [0.1, 0.15) is 5.75 Å². The fourth-order valence-corrected chi connectivity index (χ4v) is 3.09. The molecule has 0 saturated carbocycles. The van der Waals surface area contributed by atoms with Crippen molar-refractivity contribution in [2.45, 2.75) is 0 Å². The molecule has 0 radical (unpaired) electrons. The third-order valence-corrected chi connectivity index (χ3v) is 4.47. The second-order valence-corrected chi connectivity index (χ2v) is 6.01. The van der Waals surface area contributed by atoms with Crippen molar-refractivity contribution >= 4 is 28.0 Å². The van der Waals surface area contributed by atoms with Crippen molar-refractivity contribution in [2.24, 2.45) is 0 Å². The Hall–Kier alpha value is -2.79. The predicted molar refractivity (Wildman–Crippen MR) is 101 cm³/mol. The molecule has 5 nitrogen and oxygen atoms in total. The number of pyridine rings is 1. The number of nitrogens with one attached hydrogen (secondary N) is 1. The molecule has 0 unspecified atom stereocenters. The lowest BCUT2D eigenvalue weighted by molar-refractivity contribution is 0.122. The highest BCUT2D eigenvalue weighted by Gasteiger charge is 2.12. The van der Waals surface area contributed by atoms with Gasteiger partial charge in [0, 0.05) is 41.7 Å². The Kier molecular flexibility index (Phi) is 4.39. The Morgan fingerprint density at radius 2 is 1.84 bits per heavy atom. The molecule has 2 aromatic carbocycles. The van der Waals surface area contributed by atoms with E-state index < -0.39 is 0 Å². The summed E-state index contributed by atoms with van der Waals surface area (Å²) < 4.78 is 10.6. The number of methoxy groups -OCH3 is 1. The maximum Gasteiger partial charge on any atom is 0.119 e. The molecular weight excluding hydrogens is 314 g/mol. The first-order chi connectivity index (χ1) is 12.3. The monoisotopic (exact) mass is 335 g/mol. The lowest BCUT2D eigenvalue weighted by Gasteiger charge is -2.29. The summed E-state index contributed by atoms with van der Waals surface area (Å²) in [5.41, 5.74) is 4.25. The Morgan fingerprint density at radius 1 is 1.04 bits per heavy atom. The molecule has 128 valence electrons. The van der Waals surface area contributed by atoms with Gasteiger partial charge in [0.25, 0.3) is 0 Å². The Balaban J connectivity index is 1.62. The molecule has 25 heavy (non-hydrogen) atoms. The highest BCUT2D eigenvalue weighted by molar-refractivity contribution is 5.94. The number of morpholine rings is 1. The minimum Gasteiger partial charge on any atom is -0.497 e. The summed E-state index contributed by atoms with van der Waals surface area (Å²) in [6.07, 6.45) is 1.84. The van der Waals surface area contributed by atoms with Gasteiger partial charge in [-0.1, -0.05) is 0 Å². The van der Waals surface area contributed by atoms with E-state index in [1.165, 1.54) is 5.69 Å². The fourth-order valence-electron chi connectivity index (χ4n) is 3.09. The number of anilines is 3. The zero-order chi connectivity index (χ0) is 17.1. The normalized spacial score (nSPS) is 14.5. The second-order valence-electron chi connectivity index (χ2n) is 6.01. The van der Waals surface area contributed by atoms with Crippen molar-refractivity contribution in [3.05, 3.63) is 54.7 Å². The van der Waals surface area contributed by atoms with Crippen LogP contribution in [0.2, 0.25) is 0 Å². The Morgan fingerprint density at radius 3 is 2.60 bits per heavy atom. The van der Waals surface area contributed by atoms with Gasteiger partial charge < -0.3 is 19.7 Å². The van der Waals surface area contributed by atoms with Gasteiger partial charge in [-0.3, -0.25) is 4.98 Å². The Bertz CT molecular complexity index is 858. The number of rotatable bonds is 4. The zero-order valence-corrected chi connectivity index (χ0v) is 14.2. The molecule has 1 fully saturated rings. The highest BCUT2D eigenvalue weighted by atomic mass is 16.5. The van der Waals surface area contributed by atoms with Crippen LogP contribution in [-0.4, -0.2) is 38.4 Å². The second kappa shape index (κ2) is 6.99. The molecule has 1 N–H and O–H groups in total. The van der Waals surface area contributed by atoms with Gasteiger partial charge in [-0.2, -0.15) is 0 Å². The summed E-state index contributed by atoms with van der Waals surface area (Å²) in [5.74, 6) is 0.847. The van der Waals surface area contributed by atoms with Gasteiger partial charge in [0.15, 0.2) is 0 Å². The number of ether oxygens (including phenoxy) is 2. The third-order valence-electron chi connectivity index (χ3n) is 4.47. The van der Waals surface area contributed by atoms with Gasteiger partial charge in [0.2, 0.25) is 0 Å². The molecule has 1 saturated heterocycles. The highest BCUT2D eigenvalue weighted by Crippen LogP contribution is 2.29. The summed E-state index contributed by atoms with van der Waals surface area (Å²) in [6, 6.07) is 16.4. The van der Waals surface area contributed by atoms with Crippen LogP contribution in [0, 0.1) is 0 Å².